The molecule has 5 nitrogen and oxygen atoms in total. The second-order valence-electron chi connectivity index (χ2n) is 7.16. The smallest absolute Gasteiger partial charge is 0.299 e. The zero-order chi connectivity index (χ0) is 16.3. The minimum Gasteiger partial charge on any atom is -0.299 e. The molecule has 4 bridgehead atoms. The first kappa shape index (κ1) is 16.0. The molecular weight excluding hydrogens is 318 g/mol. The van der Waals surface area contributed by atoms with Crippen molar-refractivity contribution >= 4 is 21.7 Å². The highest BCUT2D eigenvalue weighted by atomic mass is 32.2. The van der Waals surface area contributed by atoms with Crippen molar-refractivity contribution in [3.8, 4) is 0 Å². The van der Waals surface area contributed by atoms with Gasteiger partial charge in [0.1, 0.15) is 5.78 Å². The summed E-state index contributed by atoms with van der Waals surface area (Å²) in [5, 5.41) is -4.74. The molecule has 8 heteroatoms. The molecule has 4 aliphatic rings. The lowest BCUT2D eigenvalue weighted by atomic mass is 9.48. The first-order valence-electron chi connectivity index (χ1n) is 7.46. The number of ketones is 2. The molecule has 1 N–H and O–H groups in total. The van der Waals surface area contributed by atoms with Gasteiger partial charge >= 0.3 is 15.4 Å². The second kappa shape index (κ2) is 4.80. The van der Waals surface area contributed by atoms with Crippen molar-refractivity contribution in [2.75, 3.05) is 0 Å². The minimum absolute atomic E-state index is 0.0246. The third-order valence-corrected chi connectivity index (χ3v) is 6.53. The van der Waals surface area contributed by atoms with Crippen LogP contribution >= 0.6 is 0 Å². The molecule has 2 atom stereocenters. The van der Waals surface area contributed by atoms with Gasteiger partial charge < -0.3 is 0 Å². The van der Waals surface area contributed by atoms with E-state index in [4.69, 9.17) is 4.55 Å². The summed E-state index contributed by atoms with van der Waals surface area (Å²) in [4.78, 5) is 23.6. The highest BCUT2D eigenvalue weighted by Crippen LogP contribution is 2.60. The first-order chi connectivity index (χ1) is 10.0. The van der Waals surface area contributed by atoms with Crippen LogP contribution in [-0.4, -0.2) is 29.8 Å². The monoisotopic (exact) mass is 336 g/mol. The Hall–Kier alpha value is -0.890. The number of halogens is 2. The van der Waals surface area contributed by atoms with Crippen LogP contribution in [0.1, 0.15) is 44.9 Å². The van der Waals surface area contributed by atoms with E-state index >= 15 is 0 Å². The van der Waals surface area contributed by atoms with E-state index in [9.17, 15) is 26.8 Å². The number of hydrogen-bond acceptors (Lipinski definition) is 4. The summed E-state index contributed by atoms with van der Waals surface area (Å²) in [5.41, 5.74) is -0.296. The standard InChI is InChI=1S/C14H18F2O5S/c15-14(16,22(19,20)21)11(17)1-2-13-5-8-3-9(6-13)12(18)10(4-8)7-13/h8-10H,1-7H2,(H,19,20,21). The SMILES string of the molecule is O=C1C2CC3CC1CC(CCC(=O)C(F)(F)S(=O)(=O)O)(C3)C2. The molecule has 4 fully saturated rings. The number of alkyl halides is 2. The van der Waals surface area contributed by atoms with Gasteiger partial charge in [-0.05, 0) is 49.9 Å². The Kier molecular flexibility index (Phi) is 3.49. The normalized spacial score (nSPS) is 37.6. The molecule has 0 saturated heterocycles. The molecule has 0 aromatic carbocycles. The molecule has 0 aliphatic heterocycles. The first-order valence-corrected chi connectivity index (χ1v) is 8.90. The van der Waals surface area contributed by atoms with E-state index in [0.717, 1.165) is 19.3 Å². The maximum atomic E-state index is 13.3. The highest BCUT2D eigenvalue weighted by molar-refractivity contribution is 7.87. The van der Waals surface area contributed by atoms with Crippen molar-refractivity contribution in [3.05, 3.63) is 0 Å². The fourth-order valence-electron chi connectivity index (χ4n) is 4.88. The Morgan fingerprint density at radius 2 is 1.77 bits per heavy atom. The Morgan fingerprint density at radius 1 is 1.23 bits per heavy atom. The van der Waals surface area contributed by atoms with Crippen molar-refractivity contribution in [2.24, 2.45) is 23.2 Å². The zero-order valence-electron chi connectivity index (χ0n) is 11.9. The predicted molar refractivity (Wildman–Crippen MR) is 71.7 cm³/mol. The number of Topliss-reactive ketones (excluding diaryl/α,β-unsaturated/α-hetero) is 2. The van der Waals surface area contributed by atoms with Crippen LogP contribution in [0, 0.1) is 23.2 Å². The summed E-state index contributed by atoms with van der Waals surface area (Å²) in [6.07, 6.45) is 3.32. The molecule has 4 aliphatic carbocycles. The van der Waals surface area contributed by atoms with Gasteiger partial charge in [-0.15, -0.1) is 0 Å². The minimum atomic E-state index is -5.73. The van der Waals surface area contributed by atoms with Crippen LogP contribution in [0.3, 0.4) is 0 Å². The fraction of sp³-hybridized carbons (Fsp3) is 0.857. The van der Waals surface area contributed by atoms with Gasteiger partial charge in [0.2, 0.25) is 5.78 Å². The lowest BCUT2D eigenvalue weighted by Crippen LogP contribution is -2.51. The van der Waals surface area contributed by atoms with E-state index in [2.05, 4.69) is 0 Å². The van der Waals surface area contributed by atoms with Crippen LogP contribution in [-0.2, 0) is 19.7 Å². The summed E-state index contributed by atoms with van der Waals surface area (Å²) in [6.45, 7) is 0. The lowest BCUT2D eigenvalue weighted by Gasteiger charge is -2.56. The predicted octanol–water partition coefficient (Wildman–Crippen LogP) is 2.21. The molecule has 2 unspecified atom stereocenters. The highest BCUT2D eigenvalue weighted by Gasteiger charge is 2.56. The molecule has 0 radical (unpaired) electrons. The molecule has 0 amide bonds. The fourth-order valence-corrected chi connectivity index (χ4v) is 5.27. The molecule has 22 heavy (non-hydrogen) atoms. The van der Waals surface area contributed by atoms with Crippen molar-refractivity contribution in [1.29, 1.82) is 0 Å². The number of carbonyl (C=O) groups is 2. The van der Waals surface area contributed by atoms with Gasteiger partial charge in [-0.3, -0.25) is 14.1 Å². The maximum absolute atomic E-state index is 13.3. The molecule has 4 rings (SSSR count). The number of rotatable bonds is 5. The van der Waals surface area contributed by atoms with E-state index in [1.54, 1.807) is 0 Å². The van der Waals surface area contributed by atoms with Gasteiger partial charge in [0, 0.05) is 18.3 Å². The number of carbonyl (C=O) groups excluding carboxylic acids is 2. The van der Waals surface area contributed by atoms with E-state index < -0.39 is 27.6 Å². The van der Waals surface area contributed by atoms with Crippen LogP contribution in [0.4, 0.5) is 8.78 Å². The Balaban J connectivity index is 1.70. The van der Waals surface area contributed by atoms with Gasteiger partial charge in [-0.1, -0.05) is 0 Å². The average molecular weight is 336 g/mol. The van der Waals surface area contributed by atoms with Crippen molar-refractivity contribution in [3.63, 3.8) is 0 Å². The van der Waals surface area contributed by atoms with Crippen LogP contribution in [0.25, 0.3) is 0 Å². The lowest BCUT2D eigenvalue weighted by molar-refractivity contribution is -0.149. The van der Waals surface area contributed by atoms with Crippen molar-refractivity contribution < 1.29 is 31.3 Å². The molecule has 124 valence electrons. The Bertz CT molecular complexity index is 609. The molecule has 0 spiro atoms. The summed E-state index contributed by atoms with van der Waals surface area (Å²) in [5.74, 6) is -1.14. The number of hydrogen-bond donors (Lipinski definition) is 1. The summed E-state index contributed by atoms with van der Waals surface area (Å²) in [7, 11) is -5.73. The van der Waals surface area contributed by atoms with E-state index in [1.165, 1.54) is 0 Å². The maximum Gasteiger partial charge on any atom is 0.426 e. The van der Waals surface area contributed by atoms with Gasteiger partial charge in [0.15, 0.2) is 0 Å². The van der Waals surface area contributed by atoms with Gasteiger partial charge in [0.05, 0.1) is 0 Å². The molecule has 0 aromatic heterocycles. The van der Waals surface area contributed by atoms with Gasteiger partial charge in [-0.2, -0.15) is 17.2 Å². The van der Waals surface area contributed by atoms with Crippen molar-refractivity contribution in [1.82, 2.24) is 0 Å². The summed E-state index contributed by atoms with van der Waals surface area (Å²) < 4.78 is 56.3. The zero-order valence-corrected chi connectivity index (χ0v) is 12.7. The quantitative estimate of drug-likeness (QED) is 0.778. The van der Waals surface area contributed by atoms with Gasteiger partial charge in [0.25, 0.3) is 0 Å². The van der Waals surface area contributed by atoms with Crippen LogP contribution < -0.4 is 0 Å². The second-order valence-corrected chi connectivity index (χ2v) is 8.62. The van der Waals surface area contributed by atoms with Gasteiger partial charge in [-0.25, -0.2) is 0 Å². The van der Waals surface area contributed by atoms with Crippen molar-refractivity contribution in [2.45, 2.75) is 50.2 Å². The van der Waals surface area contributed by atoms with E-state index in [-0.39, 0.29) is 29.5 Å². The summed E-state index contributed by atoms with van der Waals surface area (Å²) in [6, 6.07) is 0. The third-order valence-electron chi connectivity index (χ3n) is 5.65. The van der Waals surface area contributed by atoms with Crippen LogP contribution in [0.15, 0.2) is 0 Å². The average Bonchev–Trinajstić information content (AvgIpc) is 2.40. The Labute approximate surface area is 127 Å². The van der Waals surface area contributed by atoms with Crippen LogP contribution in [0.2, 0.25) is 0 Å². The molecule has 0 heterocycles. The summed E-state index contributed by atoms with van der Waals surface area (Å²) >= 11 is 0. The third kappa shape index (κ3) is 2.40. The van der Waals surface area contributed by atoms with E-state index in [0.29, 0.717) is 18.8 Å². The molecular formula is C14H18F2O5S. The van der Waals surface area contributed by atoms with E-state index in [1.807, 2.05) is 0 Å². The topological polar surface area (TPSA) is 88.5 Å². The van der Waals surface area contributed by atoms with Crippen LogP contribution in [0.5, 0.6) is 0 Å². The Morgan fingerprint density at radius 3 is 2.27 bits per heavy atom. The molecule has 4 saturated carbocycles. The largest absolute Gasteiger partial charge is 0.426 e. The molecule has 0 aromatic rings.